The number of carbonyl (C=O) groups is 1. The van der Waals surface area contributed by atoms with Gasteiger partial charge in [-0.3, -0.25) is 0 Å². The molecule has 4 nitrogen and oxygen atoms in total. The third-order valence-electron chi connectivity index (χ3n) is 3.17. The molecule has 3 N–H and O–H groups in total. The average molecular weight is 250 g/mol. The van der Waals surface area contributed by atoms with E-state index in [9.17, 15) is 9.18 Å². The summed E-state index contributed by atoms with van der Waals surface area (Å²) in [6.07, 6.45) is 1.50. The van der Waals surface area contributed by atoms with Crippen LogP contribution in [0.4, 0.5) is 14.9 Å². The van der Waals surface area contributed by atoms with Gasteiger partial charge in [-0.05, 0) is 42.2 Å². The predicted octanol–water partition coefficient (Wildman–Crippen LogP) is 2.48. The number of rotatable bonds is 1. The standard InChI is InChI=1S/C13H15FN2O2/c1-8-6-12(15)11(14)7-10(8)9-2-4-16(5-3-9)13(17)18/h2,6-7H,3-5,15H2,1H3,(H,17,18). The number of hydrogen-bond donors (Lipinski definition) is 2. The Morgan fingerprint density at radius 2 is 2.22 bits per heavy atom. The lowest BCUT2D eigenvalue weighted by atomic mass is 9.95. The number of carboxylic acid groups (broad SMARTS) is 1. The van der Waals surface area contributed by atoms with Crippen molar-refractivity contribution < 1.29 is 14.3 Å². The van der Waals surface area contributed by atoms with Crippen LogP contribution in [0.2, 0.25) is 0 Å². The Labute approximate surface area is 105 Å². The van der Waals surface area contributed by atoms with Crippen LogP contribution in [0.15, 0.2) is 18.2 Å². The van der Waals surface area contributed by atoms with E-state index in [1.807, 2.05) is 13.0 Å². The fourth-order valence-electron chi connectivity index (χ4n) is 2.14. The number of hydrogen-bond acceptors (Lipinski definition) is 2. The monoisotopic (exact) mass is 250 g/mol. The van der Waals surface area contributed by atoms with Gasteiger partial charge in [0.15, 0.2) is 0 Å². The molecular weight excluding hydrogens is 235 g/mol. The van der Waals surface area contributed by atoms with E-state index in [1.165, 1.54) is 11.0 Å². The first-order valence-corrected chi connectivity index (χ1v) is 5.72. The maximum absolute atomic E-state index is 13.5. The summed E-state index contributed by atoms with van der Waals surface area (Å²) in [5, 5.41) is 8.85. The van der Waals surface area contributed by atoms with Gasteiger partial charge in [0.1, 0.15) is 5.82 Å². The number of halogens is 1. The maximum Gasteiger partial charge on any atom is 0.407 e. The first kappa shape index (κ1) is 12.4. The number of nitrogens with zero attached hydrogens (tertiary/aromatic N) is 1. The first-order valence-electron chi connectivity index (χ1n) is 5.72. The lowest BCUT2D eigenvalue weighted by Crippen LogP contribution is -2.33. The molecule has 0 saturated carbocycles. The van der Waals surface area contributed by atoms with Gasteiger partial charge in [-0.15, -0.1) is 0 Å². The number of nitrogens with two attached hydrogens (primary N) is 1. The Kier molecular flexibility index (Phi) is 3.23. The van der Waals surface area contributed by atoms with E-state index in [1.54, 1.807) is 6.07 Å². The molecule has 2 rings (SSSR count). The minimum Gasteiger partial charge on any atom is -0.465 e. The SMILES string of the molecule is Cc1cc(N)c(F)cc1C1=CCN(C(=O)O)CC1. The van der Waals surface area contributed by atoms with Crippen molar-refractivity contribution in [3.8, 4) is 0 Å². The van der Waals surface area contributed by atoms with Crippen LogP contribution in [-0.2, 0) is 0 Å². The third kappa shape index (κ3) is 2.30. The Hall–Kier alpha value is -2.04. The molecule has 0 unspecified atom stereocenters. The van der Waals surface area contributed by atoms with Crippen LogP contribution in [0.5, 0.6) is 0 Å². The van der Waals surface area contributed by atoms with Crippen molar-refractivity contribution in [3.63, 3.8) is 0 Å². The summed E-state index contributed by atoms with van der Waals surface area (Å²) in [6, 6.07) is 3.03. The van der Waals surface area contributed by atoms with E-state index in [-0.39, 0.29) is 5.69 Å². The zero-order valence-corrected chi connectivity index (χ0v) is 10.1. The molecule has 1 aliphatic heterocycles. The molecule has 1 aromatic rings. The van der Waals surface area contributed by atoms with E-state index in [2.05, 4.69) is 0 Å². The van der Waals surface area contributed by atoms with E-state index in [4.69, 9.17) is 10.8 Å². The summed E-state index contributed by atoms with van der Waals surface area (Å²) in [4.78, 5) is 12.1. The Balaban J connectivity index is 2.29. The molecule has 96 valence electrons. The van der Waals surface area contributed by atoms with Gasteiger partial charge in [-0.1, -0.05) is 6.08 Å². The van der Waals surface area contributed by atoms with Crippen molar-refractivity contribution in [2.24, 2.45) is 0 Å². The van der Waals surface area contributed by atoms with Gasteiger partial charge in [0.2, 0.25) is 0 Å². The highest BCUT2D eigenvalue weighted by Crippen LogP contribution is 2.28. The summed E-state index contributed by atoms with van der Waals surface area (Å²) >= 11 is 0. The van der Waals surface area contributed by atoms with Crippen LogP contribution in [0.1, 0.15) is 17.5 Å². The number of nitrogen functional groups attached to an aromatic ring is 1. The van der Waals surface area contributed by atoms with Crippen molar-refractivity contribution in [1.82, 2.24) is 4.90 Å². The van der Waals surface area contributed by atoms with Gasteiger partial charge in [-0.2, -0.15) is 0 Å². The zero-order chi connectivity index (χ0) is 13.3. The van der Waals surface area contributed by atoms with Crippen LogP contribution < -0.4 is 5.73 Å². The van der Waals surface area contributed by atoms with Crippen LogP contribution >= 0.6 is 0 Å². The first-order chi connectivity index (χ1) is 8.49. The topological polar surface area (TPSA) is 66.6 Å². The van der Waals surface area contributed by atoms with E-state index < -0.39 is 11.9 Å². The molecule has 0 atom stereocenters. The van der Waals surface area contributed by atoms with Crippen LogP contribution in [-0.4, -0.2) is 29.2 Å². The van der Waals surface area contributed by atoms with Crippen molar-refractivity contribution in [1.29, 1.82) is 0 Å². The molecule has 1 aliphatic rings. The molecule has 0 saturated heterocycles. The van der Waals surface area contributed by atoms with Gasteiger partial charge in [-0.25, -0.2) is 9.18 Å². The average Bonchev–Trinajstić information content (AvgIpc) is 2.34. The van der Waals surface area contributed by atoms with Gasteiger partial charge in [0, 0.05) is 13.1 Å². The minimum absolute atomic E-state index is 0.139. The second kappa shape index (κ2) is 4.68. The Bertz CT molecular complexity index is 526. The molecule has 1 heterocycles. The summed E-state index contributed by atoms with van der Waals surface area (Å²) in [5.41, 5.74) is 8.33. The van der Waals surface area contributed by atoms with Crippen molar-refractivity contribution in [3.05, 3.63) is 35.2 Å². The van der Waals surface area contributed by atoms with E-state index in [0.717, 1.165) is 16.7 Å². The molecule has 0 bridgehead atoms. The van der Waals surface area contributed by atoms with Crippen LogP contribution in [0, 0.1) is 12.7 Å². The zero-order valence-electron chi connectivity index (χ0n) is 10.1. The molecule has 0 spiro atoms. The Morgan fingerprint density at radius 3 is 2.78 bits per heavy atom. The maximum atomic E-state index is 13.5. The molecule has 1 aromatic carbocycles. The van der Waals surface area contributed by atoms with Gasteiger partial charge in [0.05, 0.1) is 5.69 Å². The molecule has 0 radical (unpaired) electrons. The van der Waals surface area contributed by atoms with E-state index >= 15 is 0 Å². The fourth-order valence-corrected chi connectivity index (χ4v) is 2.14. The molecular formula is C13H15FN2O2. The van der Waals surface area contributed by atoms with Crippen molar-refractivity contribution >= 4 is 17.4 Å². The number of amides is 1. The lowest BCUT2D eigenvalue weighted by Gasteiger charge is -2.24. The van der Waals surface area contributed by atoms with E-state index in [0.29, 0.717) is 19.5 Å². The molecule has 0 aromatic heterocycles. The third-order valence-corrected chi connectivity index (χ3v) is 3.17. The smallest absolute Gasteiger partial charge is 0.407 e. The highest BCUT2D eigenvalue weighted by molar-refractivity contribution is 5.73. The molecule has 18 heavy (non-hydrogen) atoms. The van der Waals surface area contributed by atoms with Gasteiger partial charge in [0.25, 0.3) is 0 Å². The predicted molar refractivity (Wildman–Crippen MR) is 67.7 cm³/mol. The second-order valence-corrected chi connectivity index (χ2v) is 4.40. The van der Waals surface area contributed by atoms with Crippen LogP contribution in [0.25, 0.3) is 5.57 Å². The number of aryl methyl sites for hydroxylation is 1. The summed E-state index contributed by atoms with van der Waals surface area (Å²) in [5.74, 6) is -0.433. The molecule has 0 fully saturated rings. The molecule has 1 amide bonds. The summed E-state index contributed by atoms with van der Waals surface area (Å²) in [7, 11) is 0. The quantitative estimate of drug-likeness (QED) is 0.752. The largest absolute Gasteiger partial charge is 0.465 e. The summed E-state index contributed by atoms with van der Waals surface area (Å²) < 4.78 is 13.5. The highest BCUT2D eigenvalue weighted by atomic mass is 19.1. The minimum atomic E-state index is -0.925. The highest BCUT2D eigenvalue weighted by Gasteiger charge is 2.18. The Morgan fingerprint density at radius 1 is 1.50 bits per heavy atom. The van der Waals surface area contributed by atoms with Crippen LogP contribution in [0.3, 0.4) is 0 Å². The molecule has 5 heteroatoms. The van der Waals surface area contributed by atoms with Gasteiger partial charge >= 0.3 is 6.09 Å². The fraction of sp³-hybridized carbons (Fsp3) is 0.308. The second-order valence-electron chi connectivity index (χ2n) is 4.40. The number of benzene rings is 1. The van der Waals surface area contributed by atoms with Crippen molar-refractivity contribution in [2.45, 2.75) is 13.3 Å². The van der Waals surface area contributed by atoms with Crippen molar-refractivity contribution in [2.75, 3.05) is 18.8 Å². The lowest BCUT2D eigenvalue weighted by molar-refractivity contribution is 0.150. The number of anilines is 1. The summed E-state index contributed by atoms with van der Waals surface area (Å²) in [6.45, 7) is 2.65. The van der Waals surface area contributed by atoms with Gasteiger partial charge < -0.3 is 15.7 Å². The normalized spacial score (nSPS) is 15.4. The molecule has 0 aliphatic carbocycles.